The third-order valence-corrected chi connectivity index (χ3v) is 7.87. The average Bonchev–Trinajstić information content (AvgIpc) is 3.10. The Bertz CT molecular complexity index is 630. The van der Waals surface area contributed by atoms with E-state index in [1.165, 1.54) is 6.42 Å². The number of amidine groups is 1. The lowest BCUT2D eigenvalue weighted by Gasteiger charge is -2.62. The summed E-state index contributed by atoms with van der Waals surface area (Å²) in [7, 11) is 0. The highest BCUT2D eigenvalue weighted by atomic mass is 16.3. The standard InChI is InChI=1S/C18H25N3O2/c19-15-13-3-11-2-12(11)21(13)16(22)14(20-15)17-4-9-1-10(5-17)7-18(23,6-9)8-17/h9-14,23H,1-8H2,(H2,19,20)/t9?,10?,11-,12-,13?,14+,17?,18?/m0/s1. The Hall–Kier alpha value is -1.10. The monoisotopic (exact) mass is 315 g/mol. The van der Waals surface area contributed by atoms with Gasteiger partial charge < -0.3 is 15.7 Å². The zero-order valence-corrected chi connectivity index (χ0v) is 13.4. The normalized spacial score (nSPS) is 58.9. The first-order chi connectivity index (χ1) is 11.0. The molecule has 2 aliphatic heterocycles. The van der Waals surface area contributed by atoms with Gasteiger partial charge >= 0.3 is 0 Å². The lowest BCUT2D eigenvalue weighted by atomic mass is 9.46. The van der Waals surface area contributed by atoms with Crippen LogP contribution in [0, 0.1) is 23.2 Å². The second kappa shape index (κ2) is 3.76. The summed E-state index contributed by atoms with van der Waals surface area (Å²) in [6, 6.07) is 0.177. The van der Waals surface area contributed by atoms with Gasteiger partial charge in [0.15, 0.2) is 0 Å². The van der Waals surface area contributed by atoms with Crippen LogP contribution >= 0.6 is 0 Å². The fraction of sp³-hybridized carbons (Fsp3) is 0.889. The summed E-state index contributed by atoms with van der Waals surface area (Å²) in [5, 5.41) is 11.0. The van der Waals surface area contributed by atoms with Crippen LogP contribution in [0.4, 0.5) is 0 Å². The maximum Gasteiger partial charge on any atom is 0.248 e. The molecule has 5 nitrogen and oxygen atoms in total. The molecule has 6 fully saturated rings. The maximum absolute atomic E-state index is 13.3. The van der Waals surface area contributed by atoms with Crippen molar-refractivity contribution >= 4 is 11.7 Å². The molecule has 4 bridgehead atoms. The number of piperidine rings is 1. The van der Waals surface area contributed by atoms with Crippen LogP contribution < -0.4 is 5.73 Å². The smallest absolute Gasteiger partial charge is 0.248 e. The van der Waals surface area contributed by atoms with Crippen molar-refractivity contribution in [2.45, 2.75) is 75.1 Å². The van der Waals surface area contributed by atoms with E-state index in [2.05, 4.69) is 4.90 Å². The van der Waals surface area contributed by atoms with E-state index in [4.69, 9.17) is 10.7 Å². The molecule has 0 aromatic carbocycles. The number of hydrogen-bond donors (Lipinski definition) is 2. The van der Waals surface area contributed by atoms with Crippen LogP contribution in [0.5, 0.6) is 0 Å². The first-order valence-corrected chi connectivity index (χ1v) is 9.34. The highest BCUT2D eigenvalue weighted by Gasteiger charge is 2.65. The van der Waals surface area contributed by atoms with E-state index in [9.17, 15) is 9.90 Å². The van der Waals surface area contributed by atoms with Gasteiger partial charge in [0.05, 0.1) is 11.6 Å². The lowest BCUT2D eigenvalue weighted by molar-refractivity contribution is -0.178. The second-order valence-electron chi connectivity index (χ2n) is 9.56. The molecule has 7 aliphatic rings. The zero-order chi connectivity index (χ0) is 15.6. The zero-order valence-electron chi connectivity index (χ0n) is 13.4. The average molecular weight is 315 g/mol. The van der Waals surface area contributed by atoms with Crippen molar-refractivity contribution in [2.24, 2.45) is 33.9 Å². The third kappa shape index (κ3) is 1.57. The Morgan fingerprint density at radius 2 is 1.87 bits per heavy atom. The number of carbonyl (C=O) groups excluding carboxylic acids is 1. The van der Waals surface area contributed by atoms with Crippen molar-refractivity contribution in [2.75, 3.05) is 0 Å². The van der Waals surface area contributed by atoms with E-state index >= 15 is 0 Å². The summed E-state index contributed by atoms with van der Waals surface area (Å²) < 4.78 is 0. The summed E-state index contributed by atoms with van der Waals surface area (Å²) in [5.41, 5.74) is 5.63. The van der Waals surface area contributed by atoms with Crippen molar-refractivity contribution in [3.05, 3.63) is 0 Å². The molecule has 7 rings (SSSR count). The molecule has 0 aromatic rings. The second-order valence-corrected chi connectivity index (χ2v) is 9.56. The van der Waals surface area contributed by atoms with E-state index < -0.39 is 5.60 Å². The number of nitrogens with zero attached hydrogens (tertiary/aromatic N) is 2. The summed E-state index contributed by atoms with van der Waals surface area (Å²) in [6.07, 6.45) is 8.15. The number of hydrogen-bond acceptors (Lipinski definition) is 4. The molecule has 0 radical (unpaired) electrons. The van der Waals surface area contributed by atoms with Crippen LogP contribution in [0.3, 0.4) is 0 Å². The molecular formula is C18H25N3O2. The number of carbonyl (C=O) groups is 1. The summed E-state index contributed by atoms with van der Waals surface area (Å²) in [6.45, 7) is 0. The predicted molar refractivity (Wildman–Crippen MR) is 84.6 cm³/mol. The van der Waals surface area contributed by atoms with E-state index in [1.807, 2.05) is 0 Å². The number of nitrogens with two attached hydrogens (primary N) is 1. The van der Waals surface area contributed by atoms with Gasteiger partial charge in [-0.05, 0) is 69.1 Å². The van der Waals surface area contributed by atoms with Gasteiger partial charge in [0.25, 0.3) is 0 Å². The first kappa shape index (κ1) is 13.2. The molecule has 2 heterocycles. The molecule has 3 N–H and O–H groups in total. The molecule has 1 saturated heterocycles. The largest absolute Gasteiger partial charge is 0.390 e. The van der Waals surface area contributed by atoms with Gasteiger partial charge in [-0.15, -0.1) is 0 Å². The Kier molecular flexibility index (Phi) is 2.16. The highest BCUT2D eigenvalue weighted by Crippen LogP contribution is 2.64. The van der Waals surface area contributed by atoms with E-state index in [-0.39, 0.29) is 23.4 Å². The van der Waals surface area contributed by atoms with Crippen LogP contribution in [0.25, 0.3) is 0 Å². The van der Waals surface area contributed by atoms with Crippen molar-refractivity contribution in [1.82, 2.24) is 4.90 Å². The molecule has 0 spiro atoms. The van der Waals surface area contributed by atoms with Gasteiger partial charge in [-0.2, -0.15) is 0 Å². The predicted octanol–water partition coefficient (Wildman–Crippen LogP) is 1.05. The van der Waals surface area contributed by atoms with E-state index in [0.29, 0.717) is 29.6 Å². The summed E-state index contributed by atoms with van der Waals surface area (Å²) in [5.74, 6) is 2.73. The quantitative estimate of drug-likeness (QED) is 0.759. The number of amides is 1. The van der Waals surface area contributed by atoms with E-state index in [1.54, 1.807) is 0 Å². The van der Waals surface area contributed by atoms with E-state index in [0.717, 1.165) is 44.9 Å². The maximum atomic E-state index is 13.3. The topological polar surface area (TPSA) is 78.9 Å². The van der Waals surface area contributed by atoms with Crippen LogP contribution in [0.15, 0.2) is 4.99 Å². The van der Waals surface area contributed by atoms with Crippen LogP contribution in [-0.4, -0.2) is 45.5 Å². The van der Waals surface area contributed by atoms with Crippen molar-refractivity contribution in [1.29, 1.82) is 0 Å². The van der Waals surface area contributed by atoms with Crippen LogP contribution in [0.2, 0.25) is 0 Å². The molecule has 1 amide bonds. The number of rotatable bonds is 1. The van der Waals surface area contributed by atoms with Gasteiger partial charge in [0.1, 0.15) is 11.9 Å². The molecule has 5 heteroatoms. The Balaban J connectivity index is 1.42. The summed E-state index contributed by atoms with van der Waals surface area (Å²) >= 11 is 0. The van der Waals surface area contributed by atoms with Crippen LogP contribution in [-0.2, 0) is 4.79 Å². The van der Waals surface area contributed by atoms with Gasteiger partial charge in [0, 0.05) is 11.5 Å². The minimum absolute atomic E-state index is 0.0690. The first-order valence-electron chi connectivity index (χ1n) is 9.34. The molecule has 5 saturated carbocycles. The Morgan fingerprint density at radius 1 is 1.13 bits per heavy atom. The van der Waals surface area contributed by atoms with Crippen molar-refractivity contribution < 1.29 is 9.90 Å². The number of fused-ring (bicyclic) bond motifs is 3. The number of aliphatic imine (C=N–C) groups is 1. The number of aliphatic hydroxyl groups is 1. The Morgan fingerprint density at radius 3 is 2.57 bits per heavy atom. The fourth-order valence-corrected chi connectivity index (χ4v) is 7.47. The highest BCUT2D eigenvalue weighted by molar-refractivity contribution is 5.99. The van der Waals surface area contributed by atoms with Crippen molar-refractivity contribution in [3.63, 3.8) is 0 Å². The molecule has 0 aromatic heterocycles. The molecule has 124 valence electrons. The summed E-state index contributed by atoms with van der Waals surface area (Å²) in [4.78, 5) is 20.1. The minimum atomic E-state index is -0.543. The van der Waals surface area contributed by atoms with Crippen LogP contribution in [0.1, 0.15) is 51.4 Å². The SMILES string of the molecule is NC1=N[C@@H](C23CC4CC(CC(O)(C4)C2)C3)C(=O)N2C1C[C@@H]1C[C@@H]12. The molecular weight excluding hydrogens is 290 g/mol. The van der Waals surface area contributed by atoms with Gasteiger partial charge in [-0.1, -0.05) is 0 Å². The minimum Gasteiger partial charge on any atom is -0.390 e. The molecule has 5 aliphatic carbocycles. The molecule has 3 unspecified atom stereocenters. The molecule has 23 heavy (non-hydrogen) atoms. The van der Waals surface area contributed by atoms with Gasteiger partial charge in [-0.25, -0.2) is 0 Å². The third-order valence-electron chi connectivity index (χ3n) is 7.87. The fourth-order valence-electron chi connectivity index (χ4n) is 7.47. The lowest BCUT2D eigenvalue weighted by Crippen LogP contribution is -2.64. The Labute approximate surface area is 136 Å². The van der Waals surface area contributed by atoms with Gasteiger partial charge in [0.2, 0.25) is 5.91 Å². The van der Waals surface area contributed by atoms with Gasteiger partial charge in [-0.3, -0.25) is 9.79 Å². The van der Waals surface area contributed by atoms with Crippen molar-refractivity contribution in [3.8, 4) is 0 Å². The molecule has 6 atom stereocenters.